The van der Waals surface area contributed by atoms with Crippen molar-refractivity contribution < 1.29 is 0 Å². The zero-order valence-electron chi connectivity index (χ0n) is 27.3. The molecule has 5 atom stereocenters. The van der Waals surface area contributed by atoms with Gasteiger partial charge >= 0.3 is 0 Å². The maximum absolute atomic E-state index is 4.25. The standard InChI is InChI=1S/C46H40N2/c1-2-7-33(8-3-1)34-14-19-39(20-15-34)48(40-21-16-35(17-22-40)36-23-25-47-26-24-36)44-12-6-10-42-41-9-4-5-11-43(41)46(45(42)44)37-18-13-31-27-32(29-37)30-38(46)28-31/h1-12,14-17,19-26,31-32,37-38H,13,18,27-30H2. The molecule has 5 unspecified atom stereocenters. The van der Waals surface area contributed by atoms with Gasteiger partial charge in [-0.05, 0) is 143 Å². The van der Waals surface area contributed by atoms with Crippen molar-refractivity contribution in [2.75, 3.05) is 4.90 Å². The molecule has 4 bridgehead atoms. The first-order chi connectivity index (χ1) is 23.8. The molecule has 4 saturated carbocycles. The van der Waals surface area contributed by atoms with Crippen molar-refractivity contribution in [3.8, 4) is 33.4 Å². The van der Waals surface area contributed by atoms with Gasteiger partial charge in [0.15, 0.2) is 0 Å². The fourth-order valence-corrected chi connectivity index (χ4v) is 10.7. The van der Waals surface area contributed by atoms with Gasteiger partial charge in [0.2, 0.25) is 0 Å². The third-order valence-corrected chi connectivity index (χ3v) is 12.5. The minimum atomic E-state index is 0.0629. The molecule has 1 heterocycles. The van der Waals surface area contributed by atoms with Crippen LogP contribution in [0.4, 0.5) is 17.1 Å². The van der Waals surface area contributed by atoms with Crippen LogP contribution in [0.25, 0.3) is 33.4 Å². The number of anilines is 3. The molecule has 1 aromatic heterocycles. The average Bonchev–Trinajstić information content (AvgIpc) is 3.30. The number of nitrogens with zero attached hydrogens (tertiary/aromatic N) is 2. The van der Waals surface area contributed by atoms with Gasteiger partial charge in [0.1, 0.15) is 0 Å². The maximum Gasteiger partial charge on any atom is 0.0509 e. The Morgan fingerprint density at radius 3 is 1.83 bits per heavy atom. The number of hydrogen-bond donors (Lipinski definition) is 0. The first-order valence-corrected chi connectivity index (χ1v) is 18.0. The summed E-state index contributed by atoms with van der Waals surface area (Å²) >= 11 is 0. The minimum Gasteiger partial charge on any atom is -0.310 e. The van der Waals surface area contributed by atoms with Crippen molar-refractivity contribution in [2.45, 2.75) is 43.9 Å². The van der Waals surface area contributed by atoms with Crippen LogP contribution >= 0.6 is 0 Å². The van der Waals surface area contributed by atoms with Crippen LogP contribution in [-0.2, 0) is 5.41 Å². The van der Waals surface area contributed by atoms with Gasteiger partial charge in [-0.15, -0.1) is 0 Å². The number of benzene rings is 5. The molecular weight excluding hydrogens is 581 g/mol. The second-order valence-corrected chi connectivity index (χ2v) is 14.8. The summed E-state index contributed by atoms with van der Waals surface area (Å²) in [7, 11) is 0. The first kappa shape index (κ1) is 28.1. The van der Waals surface area contributed by atoms with E-state index in [9.17, 15) is 0 Å². The molecule has 5 aliphatic rings. The summed E-state index contributed by atoms with van der Waals surface area (Å²) in [5.41, 5.74) is 14.8. The molecule has 0 N–H and O–H groups in total. The van der Waals surface area contributed by atoms with Gasteiger partial charge in [-0.25, -0.2) is 0 Å². The molecule has 0 amide bonds. The molecular formula is C46H40N2. The highest BCUT2D eigenvalue weighted by atomic mass is 15.1. The summed E-state index contributed by atoms with van der Waals surface area (Å²) in [5.74, 6) is 3.18. The number of aromatic nitrogens is 1. The summed E-state index contributed by atoms with van der Waals surface area (Å²) in [4.78, 5) is 6.81. The molecule has 5 aliphatic carbocycles. The molecule has 2 nitrogen and oxygen atoms in total. The van der Waals surface area contributed by atoms with E-state index in [1.807, 2.05) is 12.4 Å². The largest absolute Gasteiger partial charge is 0.310 e. The van der Waals surface area contributed by atoms with Crippen LogP contribution in [0.15, 0.2) is 146 Å². The molecule has 48 heavy (non-hydrogen) atoms. The Hall–Kier alpha value is -4.95. The van der Waals surface area contributed by atoms with Crippen LogP contribution < -0.4 is 4.90 Å². The van der Waals surface area contributed by atoms with E-state index in [-0.39, 0.29) is 5.41 Å². The Kier molecular flexibility index (Phi) is 6.47. The van der Waals surface area contributed by atoms with E-state index in [2.05, 4.69) is 143 Å². The van der Waals surface area contributed by atoms with Gasteiger partial charge in [-0.2, -0.15) is 0 Å². The van der Waals surface area contributed by atoms with Crippen LogP contribution in [0.1, 0.15) is 49.7 Å². The molecule has 4 fully saturated rings. The first-order valence-electron chi connectivity index (χ1n) is 18.0. The van der Waals surface area contributed by atoms with Crippen molar-refractivity contribution in [1.29, 1.82) is 0 Å². The Bertz CT molecular complexity index is 2010. The third kappa shape index (κ3) is 4.21. The minimum absolute atomic E-state index is 0.0629. The van der Waals surface area contributed by atoms with Crippen molar-refractivity contribution in [2.24, 2.45) is 23.7 Å². The molecule has 0 aliphatic heterocycles. The van der Waals surface area contributed by atoms with Gasteiger partial charge in [-0.1, -0.05) is 97.4 Å². The van der Waals surface area contributed by atoms with E-state index in [0.717, 1.165) is 11.8 Å². The van der Waals surface area contributed by atoms with E-state index in [1.165, 1.54) is 89.0 Å². The summed E-state index contributed by atoms with van der Waals surface area (Å²) in [6.45, 7) is 0. The van der Waals surface area contributed by atoms with E-state index in [0.29, 0.717) is 11.8 Å². The van der Waals surface area contributed by atoms with Crippen LogP contribution in [-0.4, -0.2) is 4.98 Å². The van der Waals surface area contributed by atoms with Crippen molar-refractivity contribution in [3.05, 3.63) is 157 Å². The second kappa shape index (κ2) is 11.1. The lowest BCUT2D eigenvalue weighted by Crippen LogP contribution is -2.48. The lowest BCUT2D eigenvalue weighted by atomic mass is 9.50. The number of rotatable bonds is 5. The highest BCUT2D eigenvalue weighted by Gasteiger charge is 2.60. The SMILES string of the molecule is c1ccc(-c2ccc(N(c3ccc(-c4ccncc4)cc3)c3cccc4c3C3(c5ccccc5-4)C4CCC5CC(C4)CC3C5)cc2)cc1. The number of pyridine rings is 1. The summed E-state index contributed by atoms with van der Waals surface area (Å²) in [6, 6.07) is 50.0. The Morgan fingerprint density at radius 2 is 1.08 bits per heavy atom. The Morgan fingerprint density at radius 1 is 0.479 bits per heavy atom. The lowest BCUT2D eigenvalue weighted by molar-refractivity contribution is 0.0621. The fraction of sp³-hybridized carbons (Fsp3) is 0.239. The van der Waals surface area contributed by atoms with Crippen molar-refractivity contribution in [3.63, 3.8) is 0 Å². The third-order valence-electron chi connectivity index (χ3n) is 12.5. The highest BCUT2D eigenvalue weighted by Crippen LogP contribution is 2.69. The normalized spacial score (nSPS) is 24.7. The molecule has 0 saturated heterocycles. The van der Waals surface area contributed by atoms with Crippen LogP contribution in [0, 0.1) is 23.7 Å². The Labute approximate surface area is 284 Å². The summed E-state index contributed by atoms with van der Waals surface area (Å²) in [5, 5.41) is 0. The van der Waals surface area contributed by atoms with E-state index < -0.39 is 0 Å². The second-order valence-electron chi connectivity index (χ2n) is 14.8. The molecule has 11 rings (SSSR count). The topological polar surface area (TPSA) is 16.1 Å². The highest BCUT2D eigenvalue weighted by molar-refractivity contribution is 5.92. The monoisotopic (exact) mass is 620 g/mol. The fourth-order valence-electron chi connectivity index (χ4n) is 10.7. The van der Waals surface area contributed by atoms with Gasteiger partial charge in [0.25, 0.3) is 0 Å². The molecule has 234 valence electrons. The van der Waals surface area contributed by atoms with Gasteiger partial charge in [-0.3, -0.25) is 4.98 Å². The van der Waals surface area contributed by atoms with E-state index in [1.54, 1.807) is 11.1 Å². The van der Waals surface area contributed by atoms with Crippen LogP contribution in [0.5, 0.6) is 0 Å². The number of hydrogen-bond acceptors (Lipinski definition) is 2. The quantitative estimate of drug-likeness (QED) is 0.191. The van der Waals surface area contributed by atoms with Gasteiger partial charge in [0.05, 0.1) is 5.69 Å². The van der Waals surface area contributed by atoms with Crippen molar-refractivity contribution in [1.82, 2.24) is 4.98 Å². The summed E-state index contributed by atoms with van der Waals surface area (Å²) < 4.78 is 0. The molecule has 1 spiro atoms. The molecule has 5 aromatic carbocycles. The molecule has 6 aromatic rings. The smallest absolute Gasteiger partial charge is 0.0509 e. The molecule has 0 radical (unpaired) electrons. The van der Waals surface area contributed by atoms with Gasteiger partial charge < -0.3 is 4.90 Å². The molecule has 2 heteroatoms. The average molecular weight is 621 g/mol. The van der Waals surface area contributed by atoms with Crippen LogP contribution in [0.2, 0.25) is 0 Å². The zero-order valence-corrected chi connectivity index (χ0v) is 27.3. The van der Waals surface area contributed by atoms with E-state index in [4.69, 9.17) is 0 Å². The van der Waals surface area contributed by atoms with Crippen LogP contribution in [0.3, 0.4) is 0 Å². The van der Waals surface area contributed by atoms with Gasteiger partial charge in [0, 0.05) is 29.2 Å². The van der Waals surface area contributed by atoms with Crippen molar-refractivity contribution >= 4 is 17.1 Å². The predicted octanol–water partition coefficient (Wildman–Crippen LogP) is 12.0. The number of fused-ring (bicyclic) bond motifs is 4. The predicted molar refractivity (Wildman–Crippen MR) is 198 cm³/mol. The zero-order chi connectivity index (χ0) is 31.7. The lowest BCUT2D eigenvalue weighted by Gasteiger charge is -2.53. The van der Waals surface area contributed by atoms with E-state index >= 15 is 0 Å². The Balaban J connectivity index is 1.19. The summed E-state index contributed by atoms with van der Waals surface area (Å²) in [6.07, 6.45) is 12.1. The maximum atomic E-state index is 4.25.